The Morgan fingerprint density at radius 2 is 1.64 bits per heavy atom. The molecule has 0 unspecified atom stereocenters. The van der Waals surface area contributed by atoms with E-state index in [-0.39, 0.29) is 0 Å². The fourth-order valence-corrected chi connectivity index (χ4v) is 2.78. The monoisotopic (exact) mass is 377 g/mol. The number of fused-ring (bicyclic) bond motifs is 1. The van der Waals surface area contributed by atoms with Gasteiger partial charge in [-0.05, 0) is 50.6 Å². The van der Waals surface area contributed by atoms with Crippen LogP contribution in [0.3, 0.4) is 0 Å². The first-order valence-corrected chi connectivity index (χ1v) is 8.94. The lowest BCUT2D eigenvalue weighted by atomic mass is 9.90. The van der Waals surface area contributed by atoms with Crippen LogP contribution in [0, 0.1) is 12.3 Å². The molecule has 0 aliphatic heterocycles. The van der Waals surface area contributed by atoms with Crippen molar-refractivity contribution in [3.8, 4) is 5.75 Å². The van der Waals surface area contributed by atoms with Crippen LogP contribution in [0.2, 0.25) is 0 Å². The van der Waals surface area contributed by atoms with Crippen molar-refractivity contribution in [2.45, 2.75) is 20.8 Å². The molecule has 0 bridgehead atoms. The smallest absolute Gasteiger partial charge is 0.239 e. The highest BCUT2D eigenvalue weighted by Crippen LogP contribution is 2.29. The quantitative estimate of drug-likeness (QED) is 0.655. The van der Waals surface area contributed by atoms with Gasteiger partial charge >= 0.3 is 0 Å². The van der Waals surface area contributed by atoms with E-state index < -0.39 is 17.2 Å². The average Bonchev–Trinajstić information content (AvgIpc) is 2.68. The van der Waals surface area contributed by atoms with E-state index in [2.05, 4.69) is 15.6 Å². The number of hydrogen-bond acceptors (Lipinski definition) is 4. The van der Waals surface area contributed by atoms with E-state index in [1.165, 1.54) is 7.11 Å². The summed E-state index contributed by atoms with van der Waals surface area (Å²) in [4.78, 5) is 30.1. The van der Waals surface area contributed by atoms with Crippen LogP contribution in [0.5, 0.6) is 5.75 Å². The van der Waals surface area contributed by atoms with E-state index in [9.17, 15) is 9.59 Å². The number of carbonyl (C=O) groups is 2. The zero-order valence-corrected chi connectivity index (χ0v) is 16.4. The summed E-state index contributed by atoms with van der Waals surface area (Å²) in [6, 6.07) is 14.7. The zero-order chi connectivity index (χ0) is 20.3. The maximum atomic E-state index is 12.9. The van der Waals surface area contributed by atoms with Crippen molar-refractivity contribution in [3.63, 3.8) is 0 Å². The number of carbonyl (C=O) groups excluding carboxylic acids is 2. The number of rotatable bonds is 5. The van der Waals surface area contributed by atoms with Crippen LogP contribution in [-0.2, 0) is 9.59 Å². The van der Waals surface area contributed by atoms with Crippen LogP contribution < -0.4 is 15.4 Å². The van der Waals surface area contributed by atoms with Crippen LogP contribution in [0.1, 0.15) is 19.4 Å². The van der Waals surface area contributed by atoms with Gasteiger partial charge in [-0.1, -0.05) is 24.3 Å². The molecule has 2 aromatic carbocycles. The van der Waals surface area contributed by atoms with Crippen molar-refractivity contribution in [1.29, 1.82) is 0 Å². The Labute approximate surface area is 163 Å². The summed E-state index contributed by atoms with van der Waals surface area (Å²) in [5.41, 5.74) is 1.43. The van der Waals surface area contributed by atoms with Crippen LogP contribution >= 0.6 is 0 Å². The predicted molar refractivity (Wildman–Crippen MR) is 111 cm³/mol. The lowest BCUT2D eigenvalue weighted by molar-refractivity contribution is -0.135. The van der Waals surface area contributed by atoms with Crippen LogP contribution in [-0.4, -0.2) is 23.9 Å². The standard InChI is InChI=1S/C22H23N3O3/c1-14-10-11-18(28-4)17(13-14)25-21(27)22(2,3)20(26)24-16-9-5-7-15-8-6-12-23-19(15)16/h5-13H,1-4H3,(H,24,26)(H,25,27). The van der Waals surface area contributed by atoms with Crippen LogP contribution in [0.4, 0.5) is 11.4 Å². The molecule has 6 heteroatoms. The Morgan fingerprint density at radius 1 is 0.964 bits per heavy atom. The van der Waals surface area contributed by atoms with Crippen molar-refractivity contribution < 1.29 is 14.3 Å². The highest BCUT2D eigenvalue weighted by Gasteiger charge is 2.36. The second kappa shape index (κ2) is 7.68. The van der Waals surface area contributed by atoms with Gasteiger partial charge in [0.2, 0.25) is 11.8 Å². The first-order chi connectivity index (χ1) is 13.3. The number of aryl methyl sites for hydroxylation is 1. The summed E-state index contributed by atoms with van der Waals surface area (Å²) in [5, 5.41) is 6.55. The van der Waals surface area contributed by atoms with Crippen molar-refractivity contribution in [1.82, 2.24) is 4.98 Å². The molecule has 6 nitrogen and oxygen atoms in total. The predicted octanol–water partition coefficient (Wildman–Crippen LogP) is 4.16. The van der Waals surface area contributed by atoms with Gasteiger partial charge in [0.1, 0.15) is 11.2 Å². The summed E-state index contributed by atoms with van der Waals surface area (Å²) in [6.45, 7) is 5.08. The minimum Gasteiger partial charge on any atom is -0.495 e. The van der Waals surface area contributed by atoms with Gasteiger partial charge in [0.15, 0.2) is 0 Å². The summed E-state index contributed by atoms with van der Waals surface area (Å²) < 4.78 is 5.29. The molecule has 144 valence electrons. The number of methoxy groups -OCH3 is 1. The third kappa shape index (κ3) is 3.81. The number of hydrogen-bond donors (Lipinski definition) is 2. The maximum absolute atomic E-state index is 12.9. The first kappa shape index (κ1) is 19.4. The van der Waals surface area contributed by atoms with Crippen molar-refractivity contribution >= 4 is 34.1 Å². The van der Waals surface area contributed by atoms with Gasteiger partial charge in [0.25, 0.3) is 0 Å². The third-order valence-corrected chi connectivity index (χ3v) is 4.62. The van der Waals surface area contributed by atoms with Gasteiger partial charge in [0.05, 0.1) is 24.0 Å². The molecule has 1 aromatic heterocycles. The molecule has 0 saturated carbocycles. The number of anilines is 2. The number of aromatic nitrogens is 1. The molecule has 3 aromatic rings. The number of ether oxygens (including phenoxy) is 1. The molecule has 0 spiro atoms. The molecule has 0 radical (unpaired) electrons. The number of pyridine rings is 1. The molecule has 0 aliphatic rings. The Hall–Kier alpha value is -3.41. The van der Waals surface area contributed by atoms with Gasteiger partial charge in [0, 0.05) is 11.6 Å². The number of nitrogens with zero attached hydrogens (tertiary/aromatic N) is 1. The molecule has 0 aliphatic carbocycles. The molecular weight excluding hydrogens is 354 g/mol. The Bertz CT molecular complexity index is 1040. The van der Waals surface area contributed by atoms with Crippen LogP contribution in [0.25, 0.3) is 10.9 Å². The fourth-order valence-electron chi connectivity index (χ4n) is 2.78. The molecular formula is C22H23N3O3. The van der Waals surface area contributed by atoms with E-state index in [0.717, 1.165) is 10.9 Å². The lowest BCUT2D eigenvalue weighted by Crippen LogP contribution is -2.41. The molecule has 0 atom stereocenters. The molecule has 3 rings (SSSR count). The normalized spacial score (nSPS) is 11.1. The second-order valence-electron chi connectivity index (χ2n) is 7.12. The average molecular weight is 377 g/mol. The SMILES string of the molecule is COc1ccc(C)cc1NC(=O)C(C)(C)C(=O)Nc1cccc2cccnc12. The van der Waals surface area contributed by atoms with E-state index in [0.29, 0.717) is 22.6 Å². The van der Waals surface area contributed by atoms with Crippen molar-refractivity contribution in [2.24, 2.45) is 5.41 Å². The lowest BCUT2D eigenvalue weighted by Gasteiger charge is -2.23. The van der Waals surface area contributed by atoms with E-state index in [4.69, 9.17) is 4.74 Å². The summed E-state index contributed by atoms with van der Waals surface area (Å²) in [6.07, 6.45) is 1.67. The number of nitrogens with one attached hydrogen (secondary N) is 2. The first-order valence-electron chi connectivity index (χ1n) is 8.94. The Kier molecular flexibility index (Phi) is 5.31. The van der Waals surface area contributed by atoms with Gasteiger partial charge in [-0.15, -0.1) is 0 Å². The van der Waals surface area contributed by atoms with E-state index >= 15 is 0 Å². The minimum absolute atomic E-state index is 0.422. The zero-order valence-electron chi connectivity index (χ0n) is 16.4. The largest absolute Gasteiger partial charge is 0.495 e. The third-order valence-electron chi connectivity index (χ3n) is 4.62. The highest BCUT2D eigenvalue weighted by molar-refractivity contribution is 6.15. The molecule has 0 saturated heterocycles. The van der Waals surface area contributed by atoms with Gasteiger partial charge in [-0.2, -0.15) is 0 Å². The molecule has 2 N–H and O–H groups in total. The van der Waals surface area contributed by atoms with Crippen molar-refractivity contribution in [2.75, 3.05) is 17.7 Å². The summed E-state index contributed by atoms with van der Waals surface area (Å²) in [5.74, 6) is -0.315. The molecule has 1 heterocycles. The Morgan fingerprint density at radius 3 is 2.36 bits per heavy atom. The highest BCUT2D eigenvalue weighted by atomic mass is 16.5. The number of amides is 2. The second-order valence-corrected chi connectivity index (χ2v) is 7.12. The van der Waals surface area contributed by atoms with E-state index in [1.54, 1.807) is 38.2 Å². The summed E-state index contributed by atoms with van der Waals surface area (Å²) in [7, 11) is 1.53. The minimum atomic E-state index is -1.31. The van der Waals surface area contributed by atoms with Crippen molar-refractivity contribution in [3.05, 3.63) is 60.3 Å². The maximum Gasteiger partial charge on any atom is 0.239 e. The fraction of sp³-hybridized carbons (Fsp3) is 0.227. The van der Waals surface area contributed by atoms with Gasteiger partial charge < -0.3 is 15.4 Å². The number of para-hydroxylation sites is 1. The summed E-state index contributed by atoms with van der Waals surface area (Å²) >= 11 is 0. The molecule has 2 amide bonds. The van der Waals surface area contributed by atoms with Gasteiger partial charge in [-0.25, -0.2) is 0 Å². The Balaban J connectivity index is 1.82. The molecule has 0 fully saturated rings. The topological polar surface area (TPSA) is 80.3 Å². The van der Waals surface area contributed by atoms with E-state index in [1.807, 2.05) is 37.3 Å². The molecule has 28 heavy (non-hydrogen) atoms. The van der Waals surface area contributed by atoms with Crippen LogP contribution in [0.15, 0.2) is 54.7 Å². The number of benzene rings is 2. The van der Waals surface area contributed by atoms with Gasteiger partial charge in [-0.3, -0.25) is 14.6 Å².